The van der Waals surface area contributed by atoms with Gasteiger partial charge in [-0.25, -0.2) is 0 Å². The van der Waals surface area contributed by atoms with Crippen LogP contribution in [0.4, 0.5) is 0 Å². The van der Waals surface area contributed by atoms with Crippen molar-refractivity contribution in [1.82, 2.24) is 5.32 Å². The zero-order chi connectivity index (χ0) is 11.6. The normalized spacial score (nSPS) is 31.4. The summed E-state index contributed by atoms with van der Waals surface area (Å²) >= 11 is 0. The smallest absolute Gasteiger partial charge is 0.242 e. The number of ether oxygens (including phenoxy) is 1. The lowest BCUT2D eigenvalue weighted by atomic mass is 9.97. The van der Waals surface area contributed by atoms with E-state index >= 15 is 0 Å². The molecule has 16 heavy (non-hydrogen) atoms. The average molecular weight is 226 g/mol. The lowest BCUT2D eigenvalue weighted by Gasteiger charge is -2.23. The third-order valence-corrected chi connectivity index (χ3v) is 3.87. The van der Waals surface area contributed by atoms with Gasteiger partial charge < -0.3 is 15.8 Å². The highest BCUT2D eigenvalue weighted by Gasteiger charge is 2.44. The lowest BCUT2D eigenvalue weighted by molar-refractivity contribution is -0.126. The minimum atomic E-state index is -0.776. The van der Waals surface area contributed by atoms with Crippen molar-refractivity contribution in [1.29, 1.82) is 0 Å². The Morgan fingerprint density at radius 1 is 1.44 bits per heavy atom. The molecule has 0 radical (unpaired) electrons. The summed E-state index contributed by atoms with van der Waals surface area (Å²) in [4.78, 5) is 11.9. The number of carbonyl (C=O) groups is 1. The molecule has 0 aromatic carbocycles. The van der Waals surface area contributed by atoms with E-state index in [0.717, 1.165) is 6.54 Å². The summed E-state index contributed by atoms with van der Waals surface area (Å²) in [6.07, 6.45) is 5.53. The van der Waals surface area contributed by atoms with Crippen LogP contribution in [0.15, 0.2) is 0 Å². The molecular weight excluding hydrogens is 204 g/mol. The quantitative estimate of drug-likeness (QED) is 0.729. The topological polar surface area (TPSA) is 64.4 Å². The lowest BCUT2D eigenvalue weighted by Crippen LogP contribution is -2.55. The van der Waals surface area contributed by atoms with Crippen molar-refractivity contribution in [2.45, 2.75) is 44.6 Å². The Balaban J connectivity index is 1.79. The van der Waals surface area contributed by atoms with Crippen LogP contribution in [0, 0.1) is 5.41 Å². The molecule has 3 N–H and O–H groups in total. The largest absolute Gasteiger partial charge is 0.379 e. The third-order valence-electron chi connectivity index (χ3n) is 3.87. The Labute approximate surface area is 96.9 Å². The van der Waals surface area contributed by atoms with Crippen LogP contribution in [0.1, 0.15) is 39.0 Å². The van der Waals surface area contributed by atoms with Crippen molar-refractivity contribution in [3.8, 4) is 0 Å². The van der Waals surface area contributed by atoms with Gasteiger partial charge >= 0.3 is 0 Å². The molecule has 2 aliphatic rings. The van der Waals surface area contributed by atoms with Crippen LogP contribution >= 0.6 is 0 Å². The van der Waals surface area contributed by atoms with E-state index in [1.54, 1.807) is 0 Å². The molecule has 1 atom stereocenters. The van der Waals surface area contributed by atoms with Crippen LogP contribution in [0.3, 0.4) is 0 Å². The Morgan fingerprint density at radius 3 is 2.69 bits per heavy atom. The molecule has 1 heterocycles. The van der Waals surface area contributed by atoms with Crippen LogP contribution < -0.4 is 11.1 Å². The van der Waals surface area contributed by atoms with Gasteiger partial charge in [-0.15, -0.1) is 0 Å². The second kappa shape index (κ2) is 4.34. The molecule has 0 spiro atoms. The van der Waals surface area contributed by atoms with Crippen molar-refractivity contribution < 1.29 is 9.53 Å². The van der Waals surface area contributed by atoms with Crippen LogP contribution in [0.5, 0.6) is 0 Å². The molecule has 1 unspecified atom stereocenters. The van der Waals surface area contributed by atoms with Gasteiger partial charge in [-0.05, 0) is 31.1 Å². The Hall–Kier alpha value is -0.610. The monoisotopic (exact) mass is 226 g/mol. The average Bonchev–Trinajstić information content (AvgIpc) is 2.88. The van der Waals surface area contributed by atoms with Gasteiger partial charge in [0.25, 0.3) is 0 Å². The molecule has 2 fully saturated rings. The number of amides is 1. The number of nitrogens with two attached hydrogens (primary N) is 1. The van der Waals surface area contributed by atoms with E-state index in [-0.39, 0.29) is 5.91 Å². The van der Waals surface area contributed by atoms with E-state index in [2.05, 4.69) is 12.2 Å². The molecule has 1 saturated carbocycles. The first-order chi connectivity index (χ1) is 7.60. The zero-order valence-electron chi connectivity index (χ0n) is 10.1. The van der Waals surface area contributed by atoms with Gasteiger partial charge in [0.15, 0.2) is 0 Å². The third kappa shape index (κ3) is 2.38. The highest BCUT2D eigenvalue weighted by Crippen LogP contribution is 2.48. The molecule has 0 aromatic rings. The van der Waals surface area contributed by atoms with Crippen LogP contribution in [0.25, 0.3) is 0 Å². The Bertz CT molecular complexity index is 268. The molecule has 1 amide bonds. The second-order valence-electron chi connectivity index (χ2n) is 5.39. The van der Waals surface area contributed by atoms with Gasteiger partial charge in [0.05, 0.1) is 6.61 Å². The van der Waals surface area contributed by atoms with Crippen molar-refractivity contribution in [2.75, 3.05) is 19.8 Å². The minimum absolute atomic E-state index is 0.0348. The number of hydrogen-bond acceptors (Lipinski definition) is 3. The summed E-state index contributed by atoms with van der Waals surface area (Å²) in [6, 6.07) is 0. The maximum Gasteiger partial charge on any atom is 0.242 e. The molecule has 0 bridgehead atoms. The van der Waals surface area contributed by atoms with Crippen molar-refractivity contribution in [3.63, 3.8) is 0 Å². The van der Waals surface area contributed by atoms with E-state index in [9.17, 15) is 4.79 Å². The number of hydrogen-bond donors (Lipinski definition) is 2. The van der Waals surface area contributed by atoms with Gasteiger partial charge in [0.2, 0.25) is 5.91 Å². The van der Waals surface area contributed by atoms with E-state index in [4.69, 9.17) is 10.5 Å². The predicted octanol–water partition coefficient (Wildman–Crippen LogP) is 0.801. The van der Waals surface area contributed by atoms with Gasteiger partial charge in [-0.2, -0.15) is 0 Å². The molecule has 4 heteroatoms. The van der Waals surface area contributed by atoms with Crippen molar-refractivity contribution in [3.05, 3.63) is 0 Å². The standard InChI is InChI=1S/C12H22N2O2/c1-2-3-11(4-5-11)8-14-10(15)12(13)6-7-16-9-12/h2-9,13H2,1H3,(H,14,15). The summed E-state index contributed by atoms with van der Waals surface area (Å²) in [6.45, 7) is 3.94. The van der Waals surface area contributed by atoms with E-state index < -0.39 is 5.54 Å². The fraction of sp³-hybridized carbons (Fsp3) is 0.917. The molecule has 4 nitrogen and oxygen atoms in total. The van der Waals surface area contributed by atoms with Gasteiger partial charge in [-0.1, -0.05) is 13.3 Å². The first-order valence-electron chi connectivity index (χ1n) is 6.25. The maximum absolute atomic E-state index is 11.9. The molecule has 0 aromatic heterocycles. The van der Waals surface area contributed by atoms with Gasteiger partial charge in [0.1, 0.15) is 5.54 Å². The summed E-state index contributed by atoms with van der Waals surface area (Å²) in [5, 5.41) is 3.01. The highest BCUT2D eigenvalue weighted by atomic mass is 16.5. The van der Waals surface area contributed by atoms with Crippen LogP contribution in [-0.2, 0) is 9.53 Å². The van der Waals surface area contributed by atoms with Crippen molar-refractivity contribution in [2.24, 2.45) is 11.1 Å². The Morgan fingerprint density at radius 2 is 2.19 bits per heavy atom. The molecule has 1 saturated heterocycles. The van der Waals surface area contributed by atoms with E-state index in [0.29, 0.717) is 25.0 Å². The molecular formula is C12H22N2O2. The zero-order valence-corrected chi connectivity index (χ0v) is 10.1. The molecule has 92 valence electrons. The molecule has 2 rings (SSSR count). The fourth-order valence-electron chi connectivity index (χ4n) is 2.43. The molecule has 1 aliphatic carbocycles. The SMILES string of the molecule is CCCC1(CNC(=O)C2(N)CCOC2)CC1. The highest BCUT2D eigenvalue weighted by molar-refractivity contribution is 5.86. The number of nitrogens with one attached hydrogen (secondary N) is 1. The summed E-state index contributed by atoms with van der Waals surface area (Å²) < 4.78 is 5.19. The second-order valence-corrected chi connectivity index (χ2v) is 5.39. The first kappa shape index (κ1) is 11.9. The van der Waals surface area contributed by atoms with E-state index in [1.807, 2.05) is 0 Å². The number of rotatable bonds is 5. The predicted molar refractivity (Wildman–Crippen MR) is 61.9 cm³/mol. The molecule has 1 aliphatic heterocycles. The van der Waals surface area contributed by atoms with Crippen molar-refractivity contribution >= 4 is 5.91 Å². The Kier molecular flexibility index (Phi) is 3.22. The number of carbonyl (C=O) groups excluding carboxylic acids is 1. The van der Waals surface area contributed by atoms with E-state index in [1.165, 1.54) is 25.7 Å². The van der Waals surface area contributed by atoms with Crippen LogP contribution in [0.2, 0.25) is 0 Å². The van der Waals surface area contributed by atoms with Crippen LogP contribution in [-0.4, -0.2) is 31.2 Å². The minimum Gasteiger partial charge on any atom is -0.379 e. The van der Waals surface area contributed by atoms with Gasteiger partial charge in [-0.3, -0.25) is 4.79 Å². The van der Waals surface area contributed by atoms with Gasteiger partial charge in [0, 0.05) is 13.2 Å². The summed E-state index contributed by atoms with van der Waals surface area (Å²) in [7, 11) is 0. The fourth-order valence-corrected chi connectivity index (χ4v) is 2.43. The maximum atomic E-state index is 11.9. The summed E-state index contributed by atoms with van der Waals surface area (Å²) in [5.41, 5.74) is 5.60. The summed E-state index contributed by atoms with van der Waals surface area (Å²) in [5.74, 6) is -0.0348. The first-order valence-corrected chi connectivity index (χ1v) is 6.25.